The summed E-state index contributed by atoms with van der Waals surface area (Å²) in [5.74, 6) is 0.789. The van der Waals surface area contributed by atoms with Crippen molar-refractivity contribution in [3.63, 3.8) is 0 Å². The second-order valence-electron chi connectivity index (χ2n) is 5.16. The Balaban J connectivity index is 2.13. The van der Waals surface area contributed by atoms with E-state index in [0.29, 0.717) is 19.4 Å². The van der Waals surface area contributed by atoms with Crippen LogP contribution in [0.15, 0.2) is 53.0 Å². The number of halogens is 1. The second kappa shape index (κ2) is 7.10. The van der Waals surface area contributed by atoms with Crippen molar-refractivity contribution in [1.29, 1.82) is 0 Å². The maximum atomic E-state index is 10.6. The minimum atomic E-state index is -0.763. The van der Waals surface area contributed by atoms with Crippen molar-refractivity contribution >= 4 is 15.9 Å². The lowest BCUT2D eigenvalue weighted by Crippen LogP contribution is -2.23. The number of hydrogen-bond donors (Lipinski definition) is 1. The highest BCUT2D eigenvalue weighted by Crippen LogP contribution is 2.34. The first kappa shape index (κ1) is 16.1. The van der Waals surface area contributed by atoms with Gasteiger partial charge in [0.2, 0.25) is 0 Å². The highest BCUT2D eigenvalue weighted by atomic mass is 79.9. The summed E-state index contributed by atoms with van der Waals surface area (Å²) in [6, 6.07) is 15.9. The van der Waals surface area contributed by atoms with Crippen molar-refractivity contribution in [1.82, 2.24) is 0 Å². The molecule has 0 saturated carbocycles. The molecule has 0 aliphatic heterocycles. The van der Waals surface area contributed by atoms with E-state index in [0.717, 1.165) is 21.3 Å². The zero-order valence-corrected chi connectivity index (χ0v) is 14.1. The van der Waals surface area contributed by atoms with Crippen molar-refractivity contribution < 1.29 is 9.84 Å². The summed E-state index contributed by atoms with van der Waals surface area (Å²) >= 11 is 3.54. The number of aliphatic hydroxyl groups is 1. The van der Waals surface area contributed by atoms with Crippen LogP contribution in [0.1, 0.15) is 37.8 Å². The van der Waals surface area contributed by atoms with E-state index < -0.39 is 5.60 Å². The lowest BCUT2D eigenvalue weighted by atomic mass is 9.89. The zero-order valence-electron chi connectivity index (χ0n) is 12.5. The van der Waals surface area contributed by atoms with Gasteiger partial charge in [-0.1, -0.05) is 50.2 Å². The predicted octanol–water partition coefficient (Wildman–Crippen LogP) is 5.04. The zero-order chi connectivity index (χ0) is 15.3. The summed E-state index contributed by atoms with van der Waals surface area (Å²) in [7, 11) is 0. The average molecular weight is 349 g/mol. The Kier molecular flexibility index (Phi) is 5.43. The third-order valence-corrected chi connectivity index (χ3v) is 4.50. The van der Waals surface area contributed by atoms with Crippen LogP contribution in [0, 0.1) is 0 Å². The quantitative estimate of drug-likeness (QED) is 0.792. The van der Waals surface area contributed by atoms with E-state index in [1.54, 1.807) is 0 Å². The van der Waals surface area contributed by atoms with Gasteiger partial charge < -0.3 is 9.84 Å². The van der Waals surface area contributed by atoms with Gasteiger partial charge in [0.25, 0.3) is 0 Å². The van der Waals surface area contributed by atoms with Gasteiger partial charge >= 0.3 is 0 Å². The molecule has 0 radical (unpaired) electrons. The highest BCUT2D eigenvalue weighted by Gasteiger charge is 2.25. The maximum absolute atomic E-state index is 10.6. The summed E-state index contributed by atoms with van der Waals surface area (Å²) in [5, 5.41) is 10.6. The molecule has 0 aromatic heterocycles. The van der Waals surface area contributed by atoms with Gasteiger partial charge in [-0.05, 0) is 52.0 Å². The number of hydrogen-bond acceptors (Lipinski definition) is 2. The van der Waals surface area contributed by atoms with Gasteiger partial charge in [-0.3, -0.25) is 0 Å². The van der Waals surface area contributed by atoms with Gasteiger partial charge in [0, 0.05) is 0 Å². The third-order valence-electron chi connectivity index (χ3n) is 3.88. The van der Waals surface area contributed by atoms with Gasteiger partial charge in [0.05, 0.1) is 10.1 Å². The lowest BCUT2D eigenvalue weighted by molar-refractivity contribution is 0.0283. The third kappa shape index (κ3) is 3.86. The molecule has 3 heteroatoms. The van der Waals surface area contributed by atoms with E-state index in [2.05, 4.69) is 15.9 Å². The van der Waals surface area contributed by atoms with Crippen molar-refractivity contribution in [2.24, 2.45) is 0 Å². The van der Waals surface area contributed by atoms with Crippen LogP contribution in [0.25, 0.3) is 0 Å². The fraction of sp³-hybridized carbons (Fsp3) is 0.333. The molecule has 0 spiro atoms. The van der Waals surface area contributed by atoms with Crippen LogP contribution in [0.3, 0.4) is 0 Å². The molecule has 0 amide bonds. The van der Waals surface area contributed by atoms with Crippen LogP contribution in [0.5, 0.6) is 5.75 Å². The first-order valence-corrected chi connectivity index (χ1v) is 8.07. The number of benzene rings is 2. The second-order valence-corrected chi connectivity index (χ2v) is 6.01. The van der Waals surface area contributed by atoms with E-state index in [9.17, 15) is 5.11 Å². The van der Waals surface area contributed by atoms with Crippen LogP contribution in [-0.4, -0.2) is 5.11 Å². The van der Waals surface area contributed by atoms with Gasteiger partial charge in [0.1, 0.15) is 12.4 Å². The molecule has 0 bridgehead atoms. The maximum Gasteiger partial charge on any atom is 0.134 e. The minimum Gasteiger partial charge on any atom is -0.488 e. The largest absolute Gasteiger partial charge is 0.488 e. The smallest absolute Gasteiger partial charge is 0.134 e. The lowest BCUT2D eigenvalue weighted by Gasteiger charge is -2.26. The molecule has 0 unspecified atom stereocenters. The molecule has 0 heterocycles. The Bertz CT molecular complexity index is 577. The van der Waals surface area contributed by atoms with Crippen LogP contribution in [0.4, 0.5) is 0 Å². The first-order chi connectivity index (χ1) is 10.1. The molecular formula is C18H21BrO2. The Hall–Kier alpha value is -1.32. The van der Waals surface area contributed by atoms with Gasteiger partial charge in [-0.2, -0.15) is 0 Å². The van der Waals surface area contributed by atoms with Gasteiger partial charge in [-0.15, -0.1) is 0 Å². The molecule has 1 N–H and O–H groups in total. The molecule has 0 saturated heterocycles. The number of rotatable bonds is 6. The van der Waals surface area contributed by atoms with E-state index >= 15 is 0 Å². The molecule has 0 aliphatic rings. The standard InChI is InChI=1S/C18H21BrO2/c1-3-18(20,4-2)15-10-11-17(16(19)12-15)21-13-14-8-6-5-7-9-14/h5-12,20H,3-4,13H2,1-2H3. The molecule has 0 fully saturated rings. The number of ether oxygens (including phenoxy) is 1. The molecular weight excluding hydrogens is 328 g/mol. The van der Waals surface area contributed by atoms with Gasteiger partial charge in [-0.25, -0.2) is 0 Å². The van der Waals surface area contributed by atoms with Crippen molar-refractivity contribution in [3.8, 4) is 5.75 Å². The Morgan fingerprint density at radius 1 is 1.05 bits per heavy atom. The Morgan fingerprint density at radius 3 is 2.29 bits per heavy atom. The van der Waals surface area contributed by atoms with Crippen molar-refractivity contribution in [2.75, 3.05) is 0 Å². The summed E-state index contributed by atoms with van der Waals surface area (Å²) in [6.45, 7) is 4.53. The SMILES string of the molecule is CCC(O)(CC)c1ccc(OCc2ccccc2)c(Br)c1. The normalized spacial score (nSPS) is 11.4. The molecule has 2 rings (SSSR count). The van der Waals surface area contributed by atoms with Gasteiger partial charge in [0.15, 0.2) is 0 Å². The van der Waals surface area contributed by atoms with Crippen molar-refractivity contribution in [3.05, 3.63) is 64.1 Å². The molecule has 2 nitrogen and oxygen atoms in total. The minimum absolute atomic E-state index is 0.532. The van der Waals surface area contributed by atoms with Crippen LogP contribution in [-0.2, 0) is 12.2 Å². The molecule has 21 heavy (non-hydrogen) atoms. The van der Waals surface area contributed by atoms with Crippen LogP contribution >= 0.6 is 15.9 Å². The summed E-state index contributed by atoms with van der Waals surface area (Å²) < 4.78 is 6.70. The highest BCUT2D eigenvalue weighted by molar-refractivity contribution is 9.10. The first-order valence-electron chi connectivity index (χ1n) is 7.28. The van der Waals surface area contributed by atoms with E-state index in [1.165, 1.54) is 0 Å². The predicted molar refractivity (Wildman–Crippen MR) is 89.4 cm³/mol. The topological polar surface area (TPSA) is 29.5 Å². The summed E-state index contributed by atoms with van der Waals surface area (Å²) in [6.07, 6.45) is 1.39. The fourth-order valence-corrected chi connectivity index (χ4v) is 2.79. The molecule has 112 valence electrons. The Labute approximate surface area is 134 Å². The van der Waals surface area contributed by atoms with E-state index in [1.807, 2.05) is 62.4 Å². The summed E-state index contributed by atoms with van der Waals surface area (Å²) in [4.78, 5) is 0. The Morgan fingerprint density at radius 2 is 1.71 bits per heavy atom. The van der Waals surface area contributed by atoms with Crippen LogP contribution in [0.2, 0.25) is 0 Å². The summed E-state index contributed by atoms with van der Waals surface area (Å²) in [5.41, 5.74) is 1.29. The van der Waals surface area contributed by atoms with Crippen molar-refractivity contribution in [2.45, 2.75) is 38.9 Å². The molecule has 0 atom stereocenters. The molecule has 2 aromatic rings. The van der Waals surface area contributed by atoms with Crippen LogP contribution < -0.4 is 4.74 Å². The monoisotopic (exact) mass is 348 g/mol. The van der Waals surface area contributed by atoms with E-state index in [4.69, 9.17) is 4.74 Å². The average Bonchev–Trinajstić information content (AvgIpc) is 2.54. The fourth-order valence-electron chi connectivity index (χ4n) is 2.30. The van der Waals surface area contributed by atoms with E-state index in [-0.39, 0.29) is 0 Å². The molecule has 2 aromatic carbocycles. The molecule has 0 aliphatic carbocycles.